The predicted molar refractivity (Wildman–Crippen MR) is 76.0 cm³/mol. The number of nitrogens with zero attached hydrogens (tertiary/aromatic N) is 3. The van der Waals surface area contributed by atoms with E-state index in [1.165, 1.54) is 6.33 Å². The van der Waals surface area contributed by atoms with Crippen molar-refractivity contribution in [2.24, 2.45) is 0 Å². The van der Waals surface area contributed by atoms with Gasteiger partial charge in [-0.05, 0) is 26.3 Å². The molecular formula is C14H16ClN3O3. The fourth-order valence-corrected chi connectivity index (χ4v) is 3.60. The fourth-order valence-electron chi connectivity index (χ4n) is 3.41. The maximum absolute atomic E-state index is 10.3. The van der Waals surface area contributed by atoms with Crippen molar-refractivity contribution in [2.75, 3.05) is 0 Å². The van der Waals surface area contributed by atoms with Crippen LogP contribution >= 0.6 is 11.6 Å². The van der Waals surface area contributed by atoms with Gasteiger partial charge in [0.1, 0.15) is 29.3 Å². The van der Waals surface area contributed by atoms with E-state index >= 15 is 0 Å². The van der Waals surface area contributed by atoms with Crippen molar-refractivity contribution in [3.63, 3.8) is 0 Å². The zero-order valence-electron chi connectivity index (χ0n) is 11.7. The molecule has 4 atom stereocenters. The number of hydrogen-bond acceptors (Lipinski definition) is 5. The van der Waals surface area contributed by atoms with Crippen LogP contribution in [0.1, 0.15) is 26.3 Å². The molecule has 1 saturated carbocycles. The molecule has 0 spiro atoms. The molecule has 1 aliphatic carbocycles. The number of halogens is 1. The van der Waals surface area contributed by atoms with Gasteiger partial charge in [-0.15, -0.1) is 0 Å². The van der Waals surface area contributed by atoms with Crippen molar-refractivity contribution in [1.29, 1.82) is 0 Å². The maximum atomic E-state index is 10.3. The first-order chi connectivity index (χ1) is 9.96. The normalized spacial score (nSPS) is 34.5. The lowest BCUT2D eigenvalue weighted by molar-refractivity contribution is -0.165. The molecule has 4 rings (SSSR count). The van der Waals surface area contributed by atoms with Gasteiger partial charge in [0.2, 0.25) is 0 Å². The van der Waals surface area contributed by atoms with Crippen LogP contribution < -0.4 is 0 Å². The summed E-state index contributed by atoms with van der Waals surface area (Å²) in [5.74, 6) is -0.676. The molecule has 2 fully saturated rings. The minimum atomic E-state index is -0.676. The third-order valence-corrected chi connectivity index (χ3v) is 4.52. The molecule has 3 heterocycles. The first-order valence-corrected chi connectivity index (χ1v) is 7.35. The van der Waals surface area contributed by atoms with Crippen molar-refractivity contribution < 1.29 is 14.6 Å². The van der Waals surface area contributed by atoms with Crippen LogP contribution in [-0.4, -0.2) is 43.7 Å². The topological polar surface area (TPSA) is 69.4 Å². The van der Waals surface area contributed by atoms with E-state index in [4.69, 9.17) is 21.1 Å². The second-order valence-corrected chi connectivity index (χ2v) is 6.42. The molecule has 2 aromatic rings. The summed E-state index contributed by atoms with van der Waals surface area (Å²) in [6.07, 6.45) is 2.88. The molecule has 112 valence electrons. The highest BCUT2D eigenvalue weighted by Gasteiger charge is 2.54. The average Bonchev–Trinajstić information content (AvgIpc) is 3.04. The SMILES string of the molecule is CC1(C)OC2C(O)CC(n3ccc4c(Cl)ncnc43)C2O1. The molecule has 0 aromatic carbocycles. The summed E-state index contributed by atoms with van der Waals surface area (Å²) in [4.78, 5) is 8.30. The number of fused-ring (bicyclic) bond motifs is 2. The van der Waals surface area contributed by atoms with E-state index in [0.29, 0.717) is 11.6 Å². The van der Waals surface area contributed by atoms with Gasteiger partial charge in [0.05, 0.1) is 17.5 Å². The van der Waals surface area contributed by atoms with Crippen LogP contribution in [0.4, 0.5) is 0 Å². The molecule has 2 aromatic heterocycles. The van der Waals surface area contributed by atoms with Gasteiger partial charge in [0, 0.05) is 6.20 Å². The lowest BCUT2D eigenvalue weighted by atomic mass is 10.2. The van der Waals surface area contributed by atoms with E-state index in [0.717, 1.165) is 11.0 Å². The highest BCUT2D eigenvalue weighted by molar-refractivity contribution is 6.33. The van der Waals surface area contributed by atoms with Gasteiger partial charge < -0.3 is 19.1 Å². The summed E-state index contributed by atoms with van der Waals surface area (Å²) >= 11 is 6.09. The standard InChI is InChI=1S/C14H16ClN3O3/c1-14(2)20-10-8(5-9(19)11(10)21-14)18-4-3-7-12(15)16-6-17-13(7)18/h3-4,6,8-11,19H,5H2,1-2H3. The second-order valence-electron chi connectivity index (χ2n) is 6.06. The van der Waals surface area contributed by atoms with Gasteiger partial charge in [-0.3, -0.25) is 0 Å². The van der Waals surface area contributed by atoms with E-state index in [2.05, 4.69) is 9.97 Å². The average molecular weight is 310 g/mol. The molecular weight excluding hydrogens is 294 g/mol. The third kappa shape index (κ3) is 1.97. The number of aliphatic hydroxyl groups is 1. The van der Waals surface area contributed by atoms with Gasteiger partial charge >= 0.3 is 0 Å². The number of aromatic nitrogens is 3. The van der Waals surface area contributed by atoms with E-state index < -0.39 is 11.9 Å². The van der Waals surface area contributed by atoms with E-state index in [-0.39, 0.29) is 18.2 Å². The summed E-state index contributed by atoms with van der Waals surface area (Å²) in [5.41, 5.74) is 0.751. The number of ether oxygens (including phenoxy) is 2. The maximum Gasteiger partial charge on any atom is 0.164 e. The first kappa shape index (κ1) is 13.5. The van der Waals surface area contributed by atoms with Crippen LogP contribution in [0.25, 0.3) is 11.0 Å². The van der Waals surface area contributed by atoms with Crippen molar-refractivity contribution >= 4 is 22.6 Å². The fraction of sp³-hybridized carbons (Fsp3) is 0.571. The summed E-state index contributed by atoms with van der Waals surface area (Å²) in [6, 6.07) is 1.86. The van der Waals surface area contributed by atoms with E-state index in [1.807, 2.05) is 30.7 Å². The summed E-state index contributed by atoms with van der Waals surface area (Å²) < 4.78 is 13.8. The Morgan fingerprint density at radius 1 is 1.33 bits per heavy atom. The zero-order valence-corrected chi connectivity index (χ0v) is 12.5. The molecule has 0 amide bonds. The summed E-state index contributed by atoms with van der Waals surface area (Å²) in [7, 11) is 0. The largest absolute Gasteiger partial charge is 0.390 e. The zero-order chi connectivity index (χ0) is 14.8. The lowest BCUT2D eigenvalue weighted by Gasteiger charge is -2.23. The van der Waals surface area contributed by atoms with E-state index in [9.17, 15) is 5.11 Å². The Balaban J connectivity index is 1.77. The quantitative estimate of drug-likeness (QED) is 0.815. The molecule has 0 bridgehead atoms. The molecule has 7 heteroatoms. The Hall–Kier alpha value is -1.21. The van der Waals surface area contributed by atoms with Gasteiger partial charge in [-0.25, -0.2) is 9.97 Å². The molecule has 1 aliphatic heterocycles. The van der Waals surface area contributed by atoms with Crippen LogP contribution in [0.5, 0.6) is 0 Å². The Bertz CT molecular complexity index is 702. The Kier molecular flexibility index (Phi) is 2.81. The minimum absolute atomic E-state index is 0.0322. The highest BCUT2D eigenvalue weighted by atomic mass is 35.5. The van der Waals surface area contributed by atoms with Gasteiger partial charge in [0.15, 0.2) is 5.79 Å². The van der Waals surface area contributed by atoms with E-state index in [1.54, 1.807) is 0 Å². The van der Waals surface area contributed by atoms with Gasteiger partial charge in [-0.2, -0.15) is 0 Å². The first-order valence-electron chi connectivity index (χ1n) is 6.97. The van der Waals surface area contributed by atoms with Crippen LogP contribution in [0.15, 0.2) is 18.6 Å². The molecule has 1 saturated heterocycles. The molecule has 0 radical (unpaired) electrons. The van der Waals surface area contributed by atoms with Crippen molar-refractivity contribution in [1.82, 2.24) is 14.5 Å². The van der Waals surface area contributed by atoms with Gasteiger partial charge in [-0.1, -0.05) is 11.6 Å². The predicted octanol–water partition coefficient (Wildman–Crippen LogP) is 1.91. The number of rotatable bonds is 1. The van der Waals surface area contributed by atoms with Crippen LogP contribution in [-0.2, 0) is 9.47 Å². The van der Waals surface area contributed by atoms with Crippen LogP contribution in [0.3, 0.4) is 0 Å². The highest BCUT2D eigenvalue weighted by Crippen LogP contribution is 2.44. The molecule has 4 unspecified atom stereocenters. The van der Waals surface area contributed by atoms with Crippen molar-refractivity contribution in [3.8, 4) is 0 Å². The Morgan fingerprint density at radius 2 is 2.10 bits per heavy atom. The van der Waals surface area contributed by atoms with Gasteiger partial charge in [0.25, 0.3) is 0 Å². The van der Waals surface area contributed by atoms with Crippen molar-refractivity contribution in [2.45, 2.75) is 50.4 Å². The Morgan fingerprint density at radius 3 is 2.90 bits per heavy atom. The Labute approximate surface area is 126 Å². The monoisotopic (exact) mass is 309 g/mol. The smallest absolute Gasteiger partial charge is 0.164 e. The third-order valence-electron chi connectivity index (χ3n) is 4.22. The molecule has 6 nitrogen and oxygen atoms in total. The lowest BCUT2D eigenvalue weighted by Crippen LogP contribution is -2.28. The number of hydrogen-bond donors (Lipinski definition) is 1. The van der Waals surface area contributed by atoms with Crippen LogP contribution in [0.2, 0.25) is 5.15 Å². The van der Waals surface area contributed by atoms with Crippen LogP contribution in [0, 0.1) is 0 Å². The minimum Gasteiger partial charge on any atom is -0.390 e. The van der Waals surface area contributed by atoms with Crippen molar-refractivity contribution in [3.05, 3.63) is 23.7 Å². The molecule has 21 heavy (non-hydrogen) atoms. The molecule has 1 N–H and O–H groups in total. The number of aliphatic hydroxyl groups excluding tert-OH is 1. The summed E-state index contributed by atoms with van der Waals surface area (Å²) in [5, 5.41) is 11.5. The second kappa shape index (κ2) is 4.39. The molecule has 2 aliphatic rings. The summed E-state index contributed by atoms with van der Waals surface area (Å²) in [6.45, 7) is 3.73.